The van der Waals surface area contributed by atoms with Crippen LogP contribution in [0, 0.1) is 0 Å². The third kappa shape index (κ3) is 4.16. The lowest BCUT2D eigenvalue weighted by Crippen LogP contribution is -2.30. The minimum Gasteiger partial charge on any atom is -0.339 e. The van der Waals surface area contributed by atoms with Gasteiger partial charge >= 0.3 is 0 Å². The zero-order chi connectivity index (χ0) is 9.40. The highest BCUT2D eigenvalue weighted by atomic mass is 16.2. The second kappa shape index (κ2) is 6.89. The molecule has 0 atom stereocenters. The molecule has 0 heterocycles. The van der Waals surface area contributed by atoms with Crippen molar-refractivity contribution >= 4 is 5.91 Å². The molecule has 70 valence electrons. The molecule has 0 N–H and O–H groups in total. The molecule has 0 bridgehead atoms. The lowest BCUT2D eigenvalue weighted by atomic mass is 10.3. The summed E-state index contributed by atoms with van der Waals surface area (Å²) >= 11 is 0. The van der Waals surface area contributed by atoms with Crippen LogP contribution in [-0.2, 0) is 4.79 Å². The van der Waals surface area contributed by atoms with E-state index in [0.29, 0.717) is 0 Å². The molecule has 0 fully saturated rings. The minimum atomic E-state index is 0.133. The van der Waals surface area contributed by atoms with Crippen LogP contribution in [0.4, 0.5) is 0 Å². The van der Waals surface area contributed by atoms with Crippen LogP contribution < -0.4 is 0 Å². The van der Waals surface area contributed by atoms with E-state index in [0.717, 1.165) is 25.9 Å². The van der Waals surface area contributed by atoms with Gasteiger partial charge in [0, 0.05) is 13.1 Å². The molecule has 0 aromatic rings. The Kier molecular flexibility index (Phi) is 6.44. The molecule has 0 aromatic heterocycles. The van der Waals surface area contributed by atoms with Gasteiger partial charge in [0.05, 0.1) is 0 Å². The van der Waals surface area contributed by atoms with Crippen LogP contribution in [0.25, 0.3) is 0 Å². The molecule has 0 radical (unpaired) electrons. The molecule has 0 aliphatic heterocycles. The fourth-order valence-electron chi connectivity index (χ4n) is 1.02. The number of carbonyl (C=O) groups excluding carboxylic acids is 1. The van der Waals surface area contributed by atoms with Gasteiger partial charge in [0.25, 0.3) is 0 Å². The second-order valence-electron chi connectivity index (χ2n) is 2.77. The summed E-state index contributed by atoms with van der Waals surface area (Å²) in [5.74, 6) is 0.133. The molecule has 0 aliphatic carbocycles. The van der Waals surface area contributed by atoms with Crippen molar-refractivity contribution < 1.29 is 4.79 Å². The van der Waals surface area contributed by atoms with Crippen LogP contribution in [0.2, 0.25) is 0 Å². The van der Waals surface area contributed by atoms with E-state index in [2.05, 4.69) is 6.92 Å². The lowest BCUT2D eigenvalue weighted by Gasteiger charge is -2.18. The number of hydrogen-bond acceptors (Lipinski definition) is 1. The van der Waals surface area contributed by atoms with Crippen LogP contribution in [-0.4, -0.2) is 23.9 Å². The minimum absolute atomic E-state index is 0.133. The normalized spacial score (nSPS) is 10.6. The van der Waals surface area contributed by atoms with E-state index in [1.54, 1.807) is 12.2 Å². The first kappa shape index (κ1) is 11.2. The molecule has 0 saturated carbocycles. The predicted molar refractivity (Wildman–Crippen MR) is 52.0 cm³/mol. The largest absolute Gasteiger partial charge is 0.339 e. The third-order valence-electron chi connectivity index (χ3n) is 1.78. The van der Waals surface area contributed by atoms with E-state index in [9.17, 15) is 4.79 Å². The molecule has 0 unspecified atom stereocenters. The maximum atomic E-state index is 11.3. The van der Waals surface area contributed by atoms with Gasteiger partial charge in [-0.1, -0.05) is 19.4 Å². The van der Waals surface area contributed by atoms with E-state index in [1.807, 2.05) is 18.7 Å². The standard InChI is InChI=1S/C10H19NO/c1-4-7-9-11(6-3)10(12)8-5-2/h5,8H,4,6-7,9H2,1-3H3. The Labute approximate surface area is 75.3 Å². The first-order chi connectivity index (χ1) is 5.76. The Morgan fingerprint density at radius 2 is 2.08 bits per heavy atom. The molecular formula is C10H19NO. The number of unbranched alkanes of at least 4 members (excludes halogenated alkanes) is 1. The average molecular weight is 169 g/mol. The van der Waals surface area contributed by atoms with Crippen molar-refractivity contribution in [3.63, 3.8) is 0 Å². The van der Waals surface area contributed by atoms with Gasteiger partial charge < -0.3 is 4.90 Å². The van der Waals surface area contributed by atoms with E-state index in [4.69, 9.17) is 0 Å². The molecule has 0 aromatic carbocycles. The molecule has 0 rings (SSSR count). The number of nitrogens with zero attached hydrogens (tertiary/aromatic N) is 1. The Bertz CT molecular complexity index is 152. The number of carbonyl (C=O) groups is 1. The topological polar surface area (TPSA) is 20.3 Å². The highest BCUT2D eigenvalue weighted by Crippen LogP contribution is 1.96. The fraction of sp³-hybridized carbons (Fsp3) is 0.700. The van der Waals surface area contributed by atoms with Crippen molar-refractivity contribution in [2.45, 2.75) is 33.6 Å². The maximum Gasteiger partial charge on any atom is 0.246 e. The number of hydrogen-bond donors (Lipinski definition) is 0. The van der Waals surface area contributed by atoms with E-state index >= 15 is 0 Å². The van der Waals surface area contributed by atoms with Crippen LogP contribution in [0.5, 0.6) is 0 Å². The fourth-order valence-corrected chi connectivity index (χ4v) is 1.02. The van der Waals surface area contributed by atoms with Gasteiger partial charge in [-0.15, -0.1) is 0 Å². The summed E-state index contributed by atoms with van der Waals surface area (Å²) in [6.45, 7) is 7.70. The summed E-state index contributed by atoms with van der Waals surface area (Å²) < 4.78 is 0. The van der Waals surface area contributed by atoms with Gasteiger partial charge in [0.15, 0.2) is 0 Å². The molecule has 2 nitrogen and oxygen atoms in total. The molecule has 0 saturated heterocycles. The molecule has 12 heavy (non-hydrogen) atoms. The summed E-state index contributed by atoms with van der Waals surface area (Å²) in [6, 6.07) is 0. The highest BCUT2D eigenvalue weighted by Gasteiger charge is 2.05. The van der Waals surface area contributed by atoms with Crippen molar-refractivity contribution in [2.75, 3.05) is 13.1 Å². The van der Waals surface area contributed by atoms with Crippen LogP contribution in [0.3, 0.4) is 0 Å². The summed E-state index contributed by atoms with van der Waals surface area (Å²) in [6.07, 6.45) is 5.65. The average Bonchev–Trinajstić information content (AvgIpc) is 2.06. The summed E-state index contributed by atoms with van der Waals surface area (Å²) in [7, 11) is 0. The first-order valence-electron chi connectivity index (χ1n) is 4.67. The van der Waals surface area contributed by atoms with Gasteiger partial charge in [-0.25, -0.2) is 0 Å². The predicted octanol–water partition coefficient (Wildman–Crippen LogP) is 2.21. The Hall–Kier alpha value is -0.790. The summed E-state index contributed by atoms with van der Waals surface area (Å²) in [5.41, 5.74) is 0. The molecule has 2 heteroatoms. The summed E-state index contributed by atoms with van der Waals surface area (Å²) in [4.78, 5) is 13.2. The van der Waals surface area contributed by atoms with Crippen LogP contribution in [0.1, 0.15) is 33.6 Å². The monoisotopic (exact) mass is 169 g/mol. The van der Waals surface area contributed by atoms with E-state index in [1.165, 1.54) is 0 Å². The molecule has 1 amide bonds. The summed E-state index contributed by atoms with van der Waals surface area (Å²) in [5, 5.41) is 0. The van der Waals surface area contributed by atoms with Gasteiger partial charge in [-0.05, 0) is 26.3 Å². The van der Waals surface area contributed by atoms with Crippen molar-refractivity contribution in [1.29, 1.82) is 0 Å². The Balaban J connectivity index is 3.87. The second-order valence-corrected chi connectivity index (χ2v) is 2.77. The molecular weight excluding hydrogens is 150 g/mol. The Morgan fingerprint density at radius 3 is 2.50 bits per heavy atom. The third-order valence-corrected chi connectivity index (χ3v) is 1.78. The van der Waals surface area contributed by atoms with Crippen molar-refractivity contribution in [2.24, 2.45) is 0 Å². The molecule has 0 aliphatic rings. The van der Waals surface area contributed by atoms with Crippen molar-refractivity contribution in [1.82, 2.24) is 4.90 Å². The van der Waals surface area contributed by atoms with Gasteiger partial charge in [-0.2, -0.15) is 0 Å². The number of allylic oxidation sites excluding steroid dienone is 1. The molecule has 0 spiro atoms. The van der Waals surface area contributed by atoms with Crippen molar-refractivity contribution in [3.05, 3.63) is 12.2 Å². The smallest absolute Gasteiger partial charge is 0.246 e. The van der Waals surface area contributed by atoms with Crippen molar-refractivity contribution in [3.8, 4) is 0 Å². The van der Waals surface area contributed by atoms with Crippen LogP contribution >= 0.6 is 0 Å². The van der Waals surface area contributed by atoms with Gasteiger partial charge in [-0.3, -0.25) is 4.79 Å². The quantitative estimate of drug-likeness (QED) is 0.578. The zero-order valence-corrected chi connectivity index (χ0v) is 8.34. The lowest BCUT2D eigenvalue weighted by molar-refractivity contribution is -0.125. The number of amides is 1. The Morgan fingerprint density at radius 1 is 1.42 bits per heavy atom. The number of rotatable bonds is 5. The van der Waals surface area contributed by atoms with Gasteiger partial charge in [0.1, 0.15) is 0 Å². The zero-order valence-electron chi connectivity index (χ0n) is 8.34. The SMILES string of the molecule is CC=CC(=O)N(CC)CCCC. The van der Waals surface area contributed by atoms with Gasteiger partial charge in [0.2, 0.25) is 5.91 Å². The van der Waals surface area contributed by atoms with E-state index < -0.39 is 0 Å². The first-order valence-corrected chi connectivity index (χ1v) is 4.67. The maximum absolute atomic E-state index is 11.3. The van der Waals surface area contributed by atoms with Crippen LogP contribution in [0.15, 0.2) is 12.2 Å². The van der Waals surface area contributed by atoms with E-state index in [-0.39, 0.29) is 5.91 Å². The highest BCUT2D eigenvalue weighted by molar-refractivity contribution is 5.87. The number of likely N-dealkylation sites (N-methyl/N-ethyl adjacent to an activating group) is 1.